The molecule has 11 heteroatoms. The number of carbonyl (C=O) groups excluding carboxylic acids is 1. The minimum Gasteiger partial charge on any atom is -0.382 e. The van der Waals surface area contributed by atoms with Gasteiger partial charge in [-0.15, -0.1) is 0 Å². The molecule has 5 aromatic rings. The number of aromatic nitrogens is 5. The highest BCUT2D eigenvalue weighted by atomic mass is 16.2. The van der Waals surface area contributed by atoms with Crippen molar-refractivity contribution in [3.63, 3.8) is 0 Å². The van der Waals surface area contributed by atoms with Crippen LogP contribution in [0.25, 0.3) is 22.3 Å². The second-order valence-electron chi connectivity index (χ2n) is 13.2. The summed E-state index contributed by atoms with van der Waals surface area (Å²) in [6.45, 7) is 8.93. The van der Waals surface area contributed by atoms with Gasteiger partial charge < -0.3 is 16.0 Å². The molecule has 0 bridgehead atoms. The number of anilines is 2. The molecule has 1 saturated heterocycles. The lowest BCUT2D eigenvalue weighted by atomic mass is 9.91. The number of para-hydroxylation sites is 1. The predicted octanol–water partition coefficient (Wildman–Crippen LogP) is 5.10. The molecular formula is C36H40N8O3. The Morgan fingerprint density at radius 3 is 2.32 bits per heavy atom. The number of nitrogens with two attached hydrogens (primary N) is 1. The molecule has 7 rings (SSSR count). The first kappa shape index (κ1) is 30.6. The highest BCUT2D eigenvalue weighted by molar-refractivity contribution is 6.04. The summed E-state index contributed by atoms with van der Waals surface area (Å²) in [5.41, 5.74) is 9.90. The third-order valence-corrected chi connectivity index (χ3v) is 9.87. The van der Waals surface area contributed by atoms with E-state index < -0.39 is 17.2 Å². The zero-order valence-electron chi connectivity index (χ0n) is 27.0. The third kappa shape index (κ3) is 5.76. The number of nitrogens with zero attached hydrogens (tertiary/aromatic N) is 6. The lowest BCUT2D eigenvalue weighted by molar-refractivity contribution is 0.102. The molecule has 2 fully saturated rings. The van der Waals surface area contributed by atoms with E-state index in [0.29, 0.717) is 35.1 Å². The summed E-state index contributed by atoms with van der Waals surface area (Å²) in [5, 5.41) is 7.46. The van der Waals surface area contributed by atoms with Crippen molar-refractivity contribution < 1.29 is 4.79 Å². The standard InChI is InChI=1S/C36H40N8O3/c1-22(2)23(3)41-17-15-25(16-18-41)31-19-29(32-33(37)38-21-39-44(31)32)24-9-11-26(12-10-24)40-34(45)30-20-42(27-13-14-27)36(47)43(35(30)46)28-7-5-4-6-8-28/h4-12,19-23,25,27H,13-18H2,1-3H3,(H,40,45)(H2,37,38,39). The summed E-state index contributed by atoms with van der Waals surface area (Å²) < 4.78 is 4.52. The number of nitrogens with one attached hydrogen (secondary N) is 1. The fraction of sp³-hybridized carbons (Fsp3) is 0.361. The number of nitrogen functional groups attached to an aromatic ring is 1. The number of benzene rings is 2. The Morgan fingerprint density at radius 2 is 1.66 bits per heavy atom. The number of hydrogen-bond donors (Lipinski definition) is 2. The van der Waals surface area contributed by atoms with E-state index in [1.807, 2.05) is 22.7 Å². The van der Waals surface area contributed by atoms with Crippen molar-refractivity contribution in [1.29, 1.82) is 0 Å². The lowest BCUT2D eigenvalue weighted by Gasteiger charge is -2.37. The van der Waals surface area contributed by atoms with E-state index in [9.17, 15) is 14.4 Å². The maximum atomic E-state index is 13.5. The maximum Gasteiger partial charge on any atom is 0.335 e. The smallest absolute Gasteiger partial charge is 0.335 e. The summed E-state index contributed by atoms with van der Waals surface area (Å²) >= 11 is 0. The highest BCUT2D eigenvalue weighted by Gasteiger charge is 2.30. The number of rotatable bonds is 8. The molecule has 0 spiro atoms. The van der Waals surface area contributed by atoms with Gasteiger partial charge in [0, 0.05) is 41.1 Å². The van der Waals surface area contributed by atoms with Crippen LogP contribution in [0.5, 0.6) is 0 Å². The van der Waals surface area contributed by atoms with Gasteiger partial charge in [0.15, 0.2) is 5.82 Å². The molecule has 11 nitrogen and oxygen atoms in total. The molecule has 1 amide bonds. The molecule has 3 aromatic heterocycles. The van der Waals surface area contributed by atoms with Crippen LogP contribution in [0.1, 0.15) is 74.5 Å². The SMILES string of the molecule is CC(C)C(C)N1CCC(c2cc(-c3ccc(NC(=O)c4cn(C5CC5)c(=O)n(-c5ccccc5)c4=O)cc3)c3c(N)ncnn23)CC1. The summed E-state index contributed by atoms with van der Waals surface area (Å²) in [6.07, 6.45) is 6.64. The molecule has 2 aromatic carbocycles. The average Bonchev–Trinajstić information content (AvgIpc) is 3.85. The van der Waals surface area contributed by atoms with E-state index >= 15 is 0 Å². The van der Waals surface area contributed by atoms with Gasteiger partial charge in [-0.2, -0.15) is 5.10 Å². The Bertz CT molecular complexity index is 2050. The van der Waals surface area contributed by atoms with E-state index in [2.05, 4.69) is 47.1 Å². The molecule has 2 aliphatic rings. The van der Waals surface area contributed by atoms with E-state index in [1.54, 1.807) is 36.4 Å². The third-order valence-electron chi connectivity index (χ3n) is 9.87. The summed E-state index contributed by atoms with van der Waals surface area (Å²) in [4.78, 5) is 47.1. The van der Waals surface area contributed by atoms with Crippen LogP contribution in [0.4, 0.5) is 11.5 Å². The topological polar surface area (TPSA) is 133 Å². The quantitative estimate of drug-likeness (QED) is 0.243. The van der Waals surface area contributed by atoms with Crippen molar-refractivity contribution in [3.05, 3.63) is 105 Å². The Kier molecular flexibility index (Phi) is 8.01. The van der Waals surface area contributed by atoms with Crippen LogP contribution in [-0.2, 0) is 0 Å². The Hall–Kier alpha value is -5.03. The van der Waals surface area contributed by atoms with Gasteiger partial charge in [-0.3, -0.25) is 14.2 Å². The second kappa shape index (κ2) is 12.3. The van der Waals surface area contributed by atoms with Crippen molar-refractivity contribution in [3.8, 4) is 16.8 Å². The monoisotopic (exact) mass is 632 g/mol. The first-order chi connectivity index (χ1) is 22.7. The number of fused-ring (bicyclic) bond motifs is 1. The van der Waals surface area contributed by atoms with Crippen molar-refractivity contribution >= 4 is 22.9 Å². The minimum absolute atomic E-state index is 0.0152. The van der Waals surface area contributed by atoms with Gasteiger partial charge in [0.05, 0.1) is 5.69 Å². The number of piperidine rings is 1. The first-order valence-corrected chi connectivity index (χ1v) is 16.4. The molecule has 1 aliphatic carbocycles. The van der Waals surface area contributed by atoms with Crippen LogP contribution >= 0.6 is 0 Å². The largest absolute Gasteiger partial charge is 0.382 e. The van der Waals surface area contributed by atoms with E-state index in [0.717, 1.165) is 65.7 Å². The van der Waals surface area contributed by atoms with Gasteiger partial charge in [-0.25, -0.2) is 18.9 Å². The Balaban J connectivity index is 1.16. The van der Waals surface area contributed by atoms with Gasteiger partial charge in [0.1, 0.15) is 17.4 Å². The van der Waals surface area contributed by atoms with Crippen LogP contribution in [-0.4, -0.2) is 53.7 Å². The van der Waals surface area contributed by atoms with Gasteiger partial charge in [-0.05, 0) is 87.5 Å². The molecule has 1 unspecified atom stereocenters. The average molecular weight is 633 g/mol. The van der Waals surface area contributed by atoms with E-state index in [-0.39, 0.29) is 11.6 Å². The predicted molar refractivity (Wildman–Crippen MR) is 183 cm³/mol. The molecule has 3 N–H and O–H groups in total. The molecule has 242 valence electrons. The summed E-state index contributed by atoms with van der Waals surface area (Å²) in [7, 11) is 0. The fourth-order valence-electron chi connectivity index (χ4n) is 6.71. The van der Waals surface area contributed by atoms with Gasteiger partial charge in [0.2, 0.25) is 0 Å². The van der Waals surface area contributed by atoms with E-state index in [1.165, 1.54) is 17.1 Å². The van der Waals surface area contributed by atoms with Gasteiger partial charge in [0.25, 0.3) is 11.5 Å². The van der Waals surface area contributed by atoms with Crippen LogP contribution in [0.15, 0.2) is 82.8 Å². The normalized spacial score (nSPS) is 16.5. The molecule has 1 aliphatic heterocycles. The van der Waals surface area contributed by atoms with Crippen LogP contribution in [0.2, 0.25) is 0 Å². The zero-order chi connectivity index (χ0) is 32.8. The maximum absolute atomic E-state index is 13.5. The van der Waals surface area contributed by atoms with Crippen molar-refractivity contribution in [1.82, 2.24) is 28.6 Å². The summed E-state index contributed by atoms with van der Waals surface area (Å²) in [6, 6.07) is 18.8. The molecule has 0 radical (unpaired) electrons. The number of hydrogen-bond acceptors (Lipinski definition) is 7. The summed E-state index contributed by atoms with van der Waals surface area (Å²) in [5.74, 6) is 0.788. The van der Waals surface area contributed by atoms with Crippen molar-refractivity contribution in [2.24, 2.45) is 5.92 Å². The second-order valence-corrected chi connectivity index (χ2v) is 13.2. The van der Waals surface area contributed by atoms with Gasteiger partial charge in [-0.1, -0.05) is 44.2 Å². The molecule has 1 saturated carbocycles. The zero-order valence-corrected chi connectivity index (χ0v) is 27.0. The number of likely N-dealkylation sites (tertiary alicyclic amines) is 1. The molecule has 4 heterocycles. The fourth-order valence-corrected chi connectivity index (χ4v) is 6.71. The number of carbonyl (C=O) groups is 1. The Labute approximate surface area is 272 Å². The van der Waals surface area contributed by atoms with Crippen molar-refractivity contribution in [2.45, 2.75) is 64.5 Å². The van der Waals surface area contributed by atoms with Crippen molar-refractivity contribution in [2.75, 3.05) is 24.1 Å². The van der Waals surface area contributed by atoms with Crippen LogP contribution in [0.3, 0.4) is 0 Å². The minimum atomic E-state index is -0.653. The molecule has 47 heavy (non-hydrogen) atoms. The van der Waals surface area contributed by atoms with Crippen LogP contribution < -0.4 is 22.3 Å². The first-order valence-electron chi connectivity index (χ1n) is 16.4. The van der Waals surface area contributed by atoms with Gasteiger partial charge >= 0.3 is 5.69 Å². The Morgan fingerprint density at radius 1 is 0.957 bits per heavy atom. The highest BCUT2D eigenvalue weighted by Crippen LogP contribution is 2.37. The van der Waals surface area contributed by atoms with Crippen LogP contribution in [0, 0.1) is 5.92 Å². The lowest BCUT2D eigenvalue weighted by Crippen LogP contribution is -2.42. The number of amides is 1. The molecule has 1 atom stereocenters. The van der Waals surface area contributed by atoms with E-state index in [4.69, 9.17) is 5.73 Å². The molecular weight excluding hydrogens is 592 g/mol.